The zero-order chi connectivity index (χ0) is 14.5. The van der Waals surface area contributed by atoms with E-state index in [-0.39, 0.29) is 6.04 Å². The summed E-state index contributed by atoms with van der Waals surface area (Å²) in [5, 5.41) is 2.33. The van der Waals surface area contributed by atoms with E-state index in [1.807, 2.05) is 30.7 Å². The third-order valence-corrected chi connectivity index (χ3v) is 3.74. The molecule has 0 radical (unpaired) electrons. The van der Waals surface area contributed by atoms with Crippen LogP contribution in [0.2, 0.25) is 0 Å². The Labute approximate surface area is 124 Å². The van der Waals surface area contributed by atoms with Crippen molar-refractivity contribution in [1.82, 2.24) is 15.4 Å². The van der Waals surface area contributed by atoms with Gasteiger partial charge in [-0.1, -0.05) is 24.3 Å². The third-order valence-electron chi connectivity index (χ3n) is 3.74. The van der Waals surface area contributed by atoms with Crippen molar-refractivity contribution in [2.45, 2.75) is 18.9 Å². The molecule has 0 bridgehead atoms. The highest BCUT2D eigenvalue weighted by molar-refractivity contribution is 5.85. The number of nitrogens with one attached hydrogen (secondary N) is 1. The summed E-state index contributed by atoms with van der Waals surface area (Å²) in [5.41, 5.74) is 5.34. The predicted molar refractivity (Wildman–Crippen MR) is 84.4 cm³/mol. The van der Waals surface area contributed by atoms with Crippen LogP contribution in [0.15, 0.2) is 61.2 Å². The van der Waals surface area contributed by atoms with Gasteiger partial charge >= 0.3 is 0 Å². The van der Waals surface area contributed by atoms with E-state index >= 15 is 0 Å². The summed E-state index contributed by atoms with van der Waals surface area (Å²) in [7, 11) is 0. The molecular weight excluding hydrogens is 260 g/mol. The summed E-state index contributed by atoms with van der Waals surface area (Å²) in [4.78, 5) is 8.38. The number of nitrogens with zero attached hydrogens (tertiary/aromatic N) is 2. The van der Waals surface area contributed by atoms with Gasteiger partial charge in [0.2, 0.25) is 0 Å². The van der Waals surface area contributed by atoms with E-state index in [2.05, 4.69) is 39.7 Å². The minimum Gasteiger partial charge on any atom is -0.271 e. The molecule has 0 spiro atoms. The van der Waals surface area contributed by atoms with Crippen LogP contribution in [0.3, 0.4) is 0 Å². The van der Waals surface area contributed by atoms with Crippen LogP contribution in [-0.2, 0) is 6.42 Å². The summed E-state index contributed by atoms with van der Waals surface area (Å²) in [5.74, 6) is 5.77. The average Bonchev–Trinajstić information content (AvgIpc) is 2.56. The first-order valence-corrected chi connectivity index (χ1v) is 7.06. The molecule has 21 heavy (non-hydrogen) atoms. The van der Waals surface area contributed by atoms with Crippen molar-refractivity contribution in [3.05, 3.63) is 72.3 Å². The van der Waals surface area contributed by atoms with E-state index < -0.39 is 0 Å². The first kappa shape index (κ1) is 13.7. The van der Waals surface area contributed by atoms with E-state index in [1.54, 1.807) is 6.20 Å². The smallest absolute Gasteiger partial charge is 0.0469 e. The third kappa shape index (κ3) is 3.07. The lowest BCUT2D eigenvalue weighted by Gasteiger charge is -2.18. The molecule has 4 nitrogen and oxygen atoms in total. The fourth-order valence-corrected chi connectivity index (χ4v) is 2.63. The number of benzene rings is 1. The SMILES string of the molecule is NNC(CCc1cccnc1)c1cccc2ccncc12. The molecule has 0 amide bonds. The van der Waals surface area contributed by atoms with Gasteiger partial charge in [0.15, 0.2) is 0 Å². The Kier molecular flexibility index (Phi) is 4.19. The van der Waals surface area contributed by atoms with Gasteiger partial charge in [-0.2, -0.15) is 0 Å². The van der Waals surface area contributed by atoms with Crippen LogP contribution in [-0.4, -0.2) is 9.97 Å². The van der Waals surface area contributed by atoms with Gasteiger partial charge in [0.05, 0.1) is 0 Å². The maximum absolute atomic E-state index is 5.77. The van der Waals surface area contributed by atoms with Crippen LogP contribution in [0.25, 0.3) is 10.8 Å². The van der Waals surface area contributed by atoms with E-state index in [4.69, 9.17) is 5.84 Å². The minimum atomic E-state index is 0.0955. The van der Waals surface area contributed by atoms with E-state index in [9.17, 15) is 0 Å². The lowest BCUT2D eigenvalue weighted by atomic mass is 9.96. The van der Waals surface area contributed by atoms with Crippen molar-refractivity contribution >= 4 is 10.8 Å². The highest BCUT2D eigenvalue weighted by Crippen LogP contribution is 2.26. The van der Waals surface area contributed by atoms with Gasteiger partial charge in [0.25, 0.3) is 0 Å². The molecule has 4 heteroatoms. The zero-order valence-corrected chi connectivity index (χ0v) is 11.7. The molecule has 1 unspecified atom stereocenters. The molecule has 0 fully saturated rings. The van der Waals surface area contributed by atoms with Crippen LogP contribution < -0.4 is 11.3 Å². The van der Waals surface area contributed by atoms with Crippen molar-refractivity contribution in [3.63, 3.8) is 0 Å². The van der Waals surface area contributed by atoms with Gasteiger partial charge < -0.3 is 0 Å². The second-order valence-corrected chi connectivity index (χ2v) is 5.06. The Morgan fingerprint density at radius 1 is 1.00 bits per heavy atom. The van der Waals surface area contributed by atoms with E-state index in [0.717, 1.165) is 18.2 Å². The van der Waals surface area contributed by atoms with Crippen molar-refractivity contribution in [3.8, 4) is 0 Å². The molecule has 1 aromatic carbocycles. The fraction of sp³-hybridized carbons (Fsp3) is 0.176. The summed E-state index contributed by atoms with van der Waals surface area (Å²) in [6.45, 7) is 0. The maximum atomic E-state index is 5.77. The molecule has 0 saturated carbocycles. The molecule has 2 heterocycles. The summed E-state index contributed by atoms with van der Waals surface area (Å²) in [6.07, 6.45) is 9.25. The van der Waals surface area contributed by atoms with Crippen molar-refractivity contribution in [2.24, 2.45) is 5.84 Å². The van der Waals surface area contributed by atoms with E-state index in [1.165, 1.54) is 16.5 Å². The molecule has 0 aliphatic rings. The molecule has 1 atom stereocenters. The quantitative estimate of drug-likeness (QED) is 0.556. The number of hydrazine groups is 1. The summed E-state index contributed by atoms with van der Waals surface area (Å²) < 4.78 is 0. The first-order valence-electron chi connectivity index (χ1n) is 7.06. The van der Waals surface area contributed by atoms with Crippen LogP contribution in [0.4, 0.5) is 0 Å². The molecule has 0 aliphatic carbocycles. The highest BCUT2D eigenvalue weighted by Gasteiger charge is 2.13. The predicted octanol–water partition coefficient (Wildman–Crippen LogP) is 2.77. The number of hydrogen-bond acceptors (Lipinski definition) is 4. The van der Waals surface area contributed by atoms with Gasteiger partial charge in [0, 0.05) is 36.2 Å². The maximum Gasteiger partial charge on any atom is 0.0469 e. The normalized spacial score (nSPS) is 12.4. The molecule has 3 aromatic rings. The van der Waals surface area contributed by atoms with Crippen LogP contribution in [0.5, 0.6) is 0 Å². The van der Waals surface area contributed by atoms with Crippen molar-refractivity contribution in [2.75, 3.05) is 0 Å². The summed E-state index contributed by atoms with van der Waals surface area (Å²) in [6, 6.07) is 12.4. The Morgan fingerprint density at radius 3 is 2.71 bits per heavy atom. The van der Waals surface area contributed by atoms with Crippen molar-refractivity contribution < 1.29 is 0 Å². The van der Waals surface area contributed by atoms with Crippen LogP contribution >= 0.6 is 0 Å². The monoisotopic (exact) mass is 278 g/mol. The number of nitrogens with two attached hydrogens (primary N) is 1. The lowest BCUT2D eigenvalue weighted by Crippen LogP contribution is -2.28. The van der Waals surface area contributed by atoms with Gasteiger partial charge in [-0.15, -0.1) is 0 Å². The zero-order valence-electron chi connectivity index (χ0n) is 11.7. The molecule has 3 N–H and O–H groups in total. The molecule has 3 rings (SSSR count). The van der Waals surface area contributed by atoms with Gasteiger partial charge in [0.1, 0.15) is 0 Å². The van der Waals surface area contributed by atoms with Gasteiger partial charge in [-0.05, 0) is 41.5 Å². The molecule has 0 aliphatic heterocycles. The van der Waals surface area contributed by atoms with E-state index in [0.29, 0.717) is 0 Å². The molecule has 0 saturated heterocycles. The molecular formula is C17H18N4. The standard InChI is InChI=1S/C17H18N4/c18-21-17(7-6-13-3-2-9-19-11-13)15-5-1-4-14-8-10-20-12-16(14)15/h1-5,8-12,17,21H,6-7,18H2. The topological polar surface area (TPSA) is 63.8 Å². The second kappa shape index (κ2) is 6.43. The van der Waals surface area contributed by atoms with Gasteiger partial charge in [-0.3, -0.25) is 21.2 Å². The number of fused-ring (bicyclic) bond motifs is 1. The lowest BCUT2D eigenvalue weighted by molar-refractivity contribution is 0.519. The first-order chi connectivity index (χ1) is 10.4. The summed E-state index contributed by atoms with van der Waals surface area (Å²) >= 11 is 0. The largest absolute Gasteiger partial charge is 0.271 e. The minimum absolute atomic E-state index is 0.0955. The Hall–Kier alpha value is -2.30. The number of hydrogen-bond donors (Lipinski definition) is 2. The Balaban J connectivity index is 1.85. The highest BCUT2D eigenvalue weighted by atomic mass is 15.2. The second-order valence-electron chi connectivity index (χ2n) is 5.06. The van der Waals surface area contributed by atoms with Crippen LogP contribution in [0.1, 0.15) is 23.6 Å². The Bertz CT molecular complexity index is 707. The number of aromatic nitrogens is 2. The number of pyridine rings is 2. The van der Waals surface area contributed by atoms with Gasteiger partial charge in [-0.25, -0.2) is 0 Å². The molecule has 2 aromatic heterocycles. The number of aryl methyl sites for hydroxylation is 1. The average molecular weight is 278 g/mol. The fourth-order valence-electron chi connectivity index (χ4n) is 2.63. The van der Waals surface area contributed by atoms with Crippen LogP contribution in [0, 0.1) is 0 Å². The number of rotatable bonds is 5. The molecule has 106 valence electrons. The van der Waals surface area contributed by atoms with Crippen molar-refractivity contribution in [1.29, 1.82) is 0 Å². The Morgan fingerprint density at radius 2 is 1.90 bits per heavy atom.